The van der Waals surface area contributed by atoms with Gasteiger partial charge in [-0.15, -0.1) is 0 Å². The van der Waals surface area contributed by atoms with Gasteiger partial charge in [-0.1, -0.05) is 29.8 Å². The van der Waals surface area contributed by atoms with Crippen LogP contribution in [0.4, 0.5) is 4.79 Å². The van der Waals surface area contributed by atoms with Crippen molar-refractivity contribution in [3.8, 4) is 0 Å². The second kappa shape index (κ2) is 6.39. The van der Waals surface area contributed by atoms with Gasteiger partial charge < -0.3 is 10.2 Å². The first-order valence-corrected chi connectivity index (χ1v) is 10.5. The summed E-state index contributed by atoms with van der Waals surface area (Å²) in [5, 5.41) is 3.05. The van der Waals surface area contributed by atoms with Gasteiger partial charge in [0.05, 0.1) is 11.5 Å². The van der Waals surface area contributed by atoms with Crippen LogP contribution in [0.2, 0.25) is 0 Å². The summed E-state index contributed by atoms with van der Waals surface area (Å²) in [5.74, 6) is 0.284. The standard InChI is InChI=1S/C18H26N2O3S/c1-3-20(16-8-11-24(22,23)12-16)17(21)19-13-18(9-10-18)15-6-4-14(2)5-7-15/h4-7,16H,3,8-13H2,1-2H3,(H,19,21). The Morgan fingerprint density at radius 1 is 1.29 bits per heavy atom. The monoisotopic (exact) mass is 350 g/mol. The molecule has 0 spiro atoms. The Hall–Kier alpha value is -1.56. The van der Waals surface area contributed by atoms with Gasteiger partial charge in [0, 0.05) is 24.5 Å². The average molecular weight is 350 g/mol. The van der Waals surface area contributed by atoms with Crippen molar-refractivity contribution in [1.29, 1.82) is 0 Å². The normalized spacial score (nSPS) is 23.7. The van der Waals surface area contributed by atoms with Crippen molar-refractivity contribution in [2.24, 2.45) is 0 Å². The SMILES string of the molecule is CCN(C(=O)NCC1(c2ccc(C)cc2)CC1)C1CCS(=O)(=O)C1. The van der Waals surface area contributed by atoms with Gasteiger partial charge in [-0.25, -0.2) is 13.2 Å². The molecule has 1 aliphatic carbocycles. The van der Waals surface area contributed by atoms with E-state index < -0.39 is 9.84 Å². The lowest BCUT2D eigenvalue weighted by atomic mass is 9.95. The molecular formula is C18H26N2O3S. The van der Waals surface area contributed by atoms with E-state index >= 15 is 0 Å². The number of urea groups is 1. The largest absolute Gasteiger partial charge is 0.337 e. The number of rotatable bonds is 5. The maximum Gasteiger partial charge on any atom is 0.317 e. The molecule has 5 nitrogen and oxygen atoms in total. The Labute approximate surface area is 144 Å². The minimum Gasteiger partial charge on any atom is -0.337 e. The van der Waals surface area contributed by atoms with E-state index in [0.29, 0.717) is 19.5 Å². The number of aryl methyl sites for hydroxylation is 1. The third-order valence-corrected chi connectivity index (χ3v) is 7.10. The third kappa shape index (κ3) is 3.58. The highest BCUT2D eigenvalue weighted by molar-refractivity contribution is 7.91. The first-order valence-electron chi connectivity index (χ1n) is 8.67. The summed E-state index contributed by atoms with van der Waals surface area (Å²) in [6.07, 6.45) is 2.72. The Bertz CT molecular complexity index is 708. The Kier molecular flexibility index (Phi) is 4.60. The Balaban J connectivity index is 1.61. The van der Waals surface area contributed by atoms with Crippen molar-refractivity contribution in [3.05, 3.63) is 35.4 Å². The average Bonchev–Trinajstić information content (AvgIpc) is 3.25. The quantitative estimate of drug-likeness (QED) is 0.886. The minimum atomic E-state index is -2.98. The van der Waals surface area contributed by atoms with Crippen LogP contribution in [0, 0.1) is 6.92 Å². The lowest BCUT2D eigenvalue weighted by molar-refractivity contribution is 0.183. The predicted octanol–water partition coefficient (Wildman–Crippen LogP) is 2.25. The topological polar surface area (TPSA) is 66.5 Å². The summed E-state index contributed by atoms with van der Waals surface area (Å²) < 4.78 is 23.3. The van der Waals surface area contributed by atoms with Gasteiger partial charge in [0.25, 0.3) is 0 Å². The van der Waals surface area contributed by atoms with Crippen LogP contribution >= 0.6 is 0 Å². The van der Waals surface area contributed by atoms with Gasteiger partial charge in [-0.3, -0.25) is 0 Å². The minimum absolute atomic E-state index is 0.0600. The first kappa shape index (κ1) is 17.3. The van der Waals surface area contributed by atoms with Crippen LogP contribution in [0.1, 0.15) is 37.3 Å². The molecule has 24 heavy (non-hydrogen) atoms. The van der Waals surface area contributed by atoms with Gasteiger partial charge in [0.15, 0.2) is 9.84 Å². The number of amides is 2. The summed E-state index contributed by atoms with van der Waals surface area (Å²) in [6.45, 7) is 5.12. The molecule has 3 rings (SSSR count). The number of benzene rings is 1. The number of sulfone groups is 1. The molecule has 6 heteroatoms. The molecule has 1 saturated heterocycles. The van der Waals surface area contributed by atoms with E-state index in [4.69, 9.17) is 0 Å². The van der Waals surface area contributed by atoms with Crippen LogP contribution < -0.4 is 5.32 Å². The molecule has 1 aromatic carbocycles. The number of carbonyl (C=O) groups excluding carboxylic acids is 1. The molecule has 1 saturated carbocycles. The number of carbonyl (C=O) groups is 1. The molecular weight excluding hydrogens is 324 g/mol. The second-order valence-corrected chi connectivity index (χ2v) is 9.38. The van der Waals surface area contributed by atoms with E-state index in [2.05, 4.69) is 36.5 Å². The molecule has 2 fully saturated rings. The van der Waals surface area contributed by atoms with Crippen LogP contribution in [-0.2, 0) is 15.3 Å². The molecule has 1 N–H and O–H groups in total. The number of hydrogen-bond donors (Lipinski definition) is 1. The van der Waals surface area contributed by atoms with E-state index in [9.17, 15) is 13.2 Å². The first-order chi connectivity index (χ1) is 11.4. The molecule has 1 aromatic rings. The molecule has 0 bridgehead atoms. The molecule has 0 aromatic heterocycles. The smallest absolute Gasteiger partial charge is 0.317 e. The Morgan fingerprint density at radius 3 is 2.46 bits per heavy atom. The summed E-state index contributed by atoms with van der Waals surface area (Å²) in [4.78, 5) is 14.2. The fourth-order valence-electron chi connectivity index (χ4n) is 3.56. The van der Waals surface area contributed by atoms with Crippen LogP contribution in [0.5, 0.6) is 0 Å². The second-order valence-electron chi connectivity index (χ2n) is 7.15. The molecule has 1 atom stereocenters. The lowest BCUT2D eigenvalue weighted by Crippen LogP contribution is -2.48. The molecule has 132 valence electrons. The number of hydrogen-bond acceptors (Lipinski definition) is 3. The van der Waals surface area contributed by atoms with Gasteiger partial charge in [-0.05, 0) is 38.7 Å². The fraction of sp³-hybridized carbons (Fsp3) is 0.611. The Morgan fingerprint density at radius 2 is 1.96 bits per heavy atom. The summed E-state index contributed by atoms with van der Waals surface area (Å²) >= 11 is 0. The van der Waals surface area contributed by atoms with Gasteiger partial charge >= 0.3 is 6.03 Å². The van der Waals surface area contributed by atoms with Crippen molar-refractivity contribution in [2.75, 3.05) is 24.6 Å². The maximum absolute atomic E-state index is 12.6. The molecule has 1 aliphatic heterocycles. The van der Waals surface area contributed by atoms with E-state index in [1.807, 2.05) is 6.92 Å². The third-order valence-electron chi connectivity index (χ3n) is 5.35. The van der Waals surface area contributed by atoms with Gasteiger partial charge in [0.2, 0.25) is 0 Å². The van der Waals surface area contributed by atoms with E-state index in [-0.39, 0.29) is 29.0 Å². The van der Waals surface area contributed by atoms with Crippen molar-refractivity contribution in [2.45, 2.75) is 44.6 Å². The number of nitrogens with zero attached hydrogens (tertiary/aromatic N) is 1. The van der Waals surface area contributed by atoms with Gasteiger partial charge in [0.1, 0.15) is 0 Å². The molecule has 0 radical (unpaired) electrons. The van der Waals surface area contributed by atoms with Crippen molar-refractivity contribution in [1.82, 2.24) is 10.2 Å². The summed E-state index contributed by atoms with van der Waals surface area (Å²) in [6, 6.07) is 8.19. The fourth-order valence-corrected chi connectivity index (χ4v) is 5.29. The summed E-state index contributed by atoms with van der Waals surface area (Å²) in [5.41, 5.74) is 2.57. The highest BCUT2D eigenvalue weighted by Crippen LogP contribution is 2.47. The van der Waals surface area contributed by atoms with Crippen LogP contribution in [-0.4, -0.2) is 50.0 Å². The van der Waals surface area contributed by atoms with Crippen molar-refractivity contribution >= 4 is 15.9 Å². The molecule has 2 aliphatic rings. The van der Waals surface area contributed by atoms with Crippen LogP contribution in [0.3, 0.4) is 0 Å². The maximum atomic E-state index is 12.6. The van der Waals surface area contributed by atoms with Crippen LogP contribution in [0.15, 0.2) is 24.3 Å². The van der Waals surface area contributed by atoms with E-state index in [0.717, 1.165) is 12.8 Å². The van der Waals surface area contributed by atoms with E-state index in [1.54, 1.807) is 4.90 Å². The van der Waals surface area contributed by atoms with Crippen molar-refractivity contribution < 1.29 is 13.2 Å². The zero-order valence-corrected chi connectivity index (χ0v) is 15.2. The van der Waals surface area contributed by atoms with E-state index in [1.165, 1.54) is 11.1 Å². The summed E-state index contributed by atoms with van der Waals surface area (Å²) in [7, 11) is -2.98. The number of nitrogens with one attached hydrogen (secondary N) is 1. The highest BCUT2D eigenvalue weighted by atomic mass is 32.2. The predicted molar refractivity (Wildman–Crippen MR) is 94.9 cm³/mol. The van der Waals surface area contributed by atoms with Gasteiger partial charge in [-0.2, -0.15) is 0 Å². The molecule has 2 amide bonds. The lowest BCUT2D eigenvalue weighted by Gasteiger charge is -2.28. The molecule has 1 heterocycles. The van der Waals surface area contributed by atoms with Crippen molar-refractivity contribution in [3.63, 3.8) is 0 Å². The highest BCUT2D eigenvalue weighted by Gasteiger charge is 2.44. The van der Waals surface area contributed by atoms with Crippen LogP contribution in [0.25, 0.3) is 0 Å². The zero-order valence-electron chi connectivity index (χ0n) is 14.4. The molecule has 1 unspecified atom stereocenters. The zero-order chi connectivity index (χ0) is 17.4.